The van der Waals surface area contributed by atoms with E-state index in [-0.39, 0.29) is 140 Å². The van der Waals surface area contributed by atoms with Gasteiger partial charge < -0.3 is 109 Å². The summed E-state index contributed by atoms with van der Waals surface area (Å²) in [5.74, 6) is 1.07. The van der Waals surface area contributed by atoms with Crippen LogP contribution in [0.4, 0.5) is 42.4 Å². The largest absolute Gasteiger partial charge is 2.00 e. The van der Waals surface area contributed by atoms with Crippen molar-refractivity contribution in [3.8, 4) is 46.3 Å². The Morgan fingerprint density at radius 2 is 1.01 bits per heavy atom. The number of carboxylic acid groups (broad SMARTS) is 1. The van der Waals surface area contributed by atoms with E-state index in [9.17, 15) is 56.0 Å². The number of carbonyl (C=O) groups excluding carboxylic acids is 2. The van der Waals surface area contributed by atoms with Gasteiger partial charge in [-0.3, -0.25) is 34.1 Å². The summed E-state index contributed by atoms with van der Waals surface area (Å²) in [6, 6.07) is 16.1. The number of carbonyl (C=O) groups is 3. The van der Waals surface area contributed by atoms with Gasteiger partial charge in [-0.1, -0.05) is 81.9 Å². The molecule has 6 aromatic rings. The number of hydrogen-bond donors (Lipinski definition) is 4. The number of alkyl halides is 6. The van der Waals surface area contributed by atoms with Crippen LogP contribution in [-0.4, -0.2) is 172 Å². The van der Waals surface area contributed by atoms with Gasteiger partial charge in [0, 0.05) is 93.1 Å². The number of aliphatic imine (C=N–C) groups is 3. The van der Waals surface area contributed by atoms with Crippen LogP contribution in [0.25, 0.3) is 21.8 Å². The van der Waals surface area contributed by atoms with Crippen molar-refractivity contribution in [3.05, 3.63) is 102 Å². The Morgan fingerprint density at radius 1 is 0.631 bits per heavy atom. The third kappa shape index (κ3) is 42.6. The van der Waals surface area contributed by atoms with Crippen molar-refractivity contribution in [1.82, 2.24) is 15.0 Å². The topological polar surface area (TPSA) is 363 Å². The second-order valence-corrected chi connectivity index (χ2v) is 26.2. The second kappa shape index (κ2) is 52.7. The summed E-state index contributed by atoms with van der Waals surface area (Å²) < 4.78 is 140. The molecule has 26 nitrogen and oxygen atoms in total. The molecule has 0 saturated heterocycles. The van der Waals surface area contributed by atoms with Crippen molar-refractivity contribution in [3.63, 3.8) is 0 Å². The van der Waals surface area contributed by atoms with Crippen LogP contribution >= 0.6 is 12.4 Å². The number of nitrogens with two attached hydrogens (primary N) is 2. The van der Waals surface area contributed by atoms with Gasteiger partial charge >= 0.3 is 41.4 Å². The molecule has 2 aromatic heterocycles. The third-order valence-electron chi connectivity index (χ3n) is 13.6. The Morgan fingerprint density at radius 3 is 1.36 bits per heavy atom. The number of amides is 1. The number of hydrogen-bond acceptors (Lipinski definition) is 24. The van der Waals surface area contributed by atoms with Gasteiger partial charge in [0.25, 0.3) is 1.45 Å². The van der Waals surface area contributed by atoms with E-state index < -0.39 is 64.5 Å². The van der Waals surface area contributed by atoms with Crippen LogP contribution in [-0.2, 0) is 45.8 Å². The first-order valence-corrected chi connectivity index (χ1v) is 33.1. The van der Waals surface area contributed by atoms with Gasteiger partial charge in [0.2, 0.25) is 17.7 Å². The van der Waals surface area contributed by atoms with Gasteiger partial charge in [0.15, 0.2) is 23.0 Å². The summed E-state index contributed by atoms with van der Waals surface area (Å²) in [4.78, 5) is 56.5. The van der Waals surface area contributed by atoms with Crippen molar-refractivity contribution in [2.75, 3.05) is 79.8 Å². The van der Waals surface area contributed by atoms with Crippen molar-refractivity contribution >= 4 is 105 Å². The smallest absolute Gasteiger partial charge is 1.00 e. The number of carboxylic acids is 1. The molecule has 111 heavy (non-hydrogen) atoms. The second-order valence-electron chi connectivity index (χ2n) is 26.2. The number of ether oxygens (including phenoxy) is 9. The van der Waals surface area contributed by atoms with Gasteiger partial charge in [-0.25, -0.2) is 15.0 Å². The van der Waals surface area contributed by atoms with E-state index in [2.05, 4.69) is 31.7 Å². The molecule has 1 atom stereocenters. The van der Waals surface area contributed by atoms with Crippen molar-refractivity contribution in [2.45, 2.75) is 184 Å². The number of hydroxylamine groups is 2. The summed E-state index contributed by atoms with van der Waals surface area (Å²) in [7, 11) is 8.86. The molecule has 1 unspecified atom stereocenters. The number of aromatic nitrogens is 2. The van der Waals surface area contributed by atoms with Gasteiger partial charge in [-0.05, 0) is 114 Å². The fourth-order valence-corrected chi connectivity index (χ4v) is 8.78. The zero-order valence-electron chi connectivity index (χ0n) is 66.9. The average Bonchev–Trinajstić information content (AvgIpc) is 0.767. The Balaban J connectivity index is -0.000000438. The Hall–Kier alpha value is -8.51. The average molecular weight is 1680 g/mol. The zero-order valence-corrected chi connectivity index (χ0v) is 69.8. The molecular weight excluding hydrogens is 1570 g/mol. The maximum atomic E-state index is 13.2. The Bertz CT molecular complexity index is 3840. The number of ketones is 1. The van der Waals surface area contributed by atoms with Crippen LogP contribution in [0.15, 0.2) is 87.8 Å². The monoisotopic (exact) mass is 1680 g/mol. The van der Waals surface area contributed by atoms with Gasteiger partial charge in [0.05, 0.1) is 68.8 Å². The molecule has 0 bridgehead atoms. The number of nitrogen functional groups attached to an aromatic ring is 1. The number of methoxy groups -OCH3 is 4. The minimum Gasteiger partial charge on any atom is -1.00 e. The van der Waals surface area contributed by atoms with Crippen LogP contribution in [0.5, 0.6) is 46.3 Å². The van der Waals surface area contributed by atoms with E-state index in [1.807, 2.05) is 13.8 Å². The summed E-state index contributed by atoms with van der Waals surface area (Å²) >= 11 is 0. The van der Waals surface area contributed by atoms with Crippen LogP contribution < -0.4 is 77.5 Å². The molecule has 0 aliphatic rings. The number of Topliss-reactive ketones (excluding diaryl/α,β-unsaturated/α-hetero) is 1. The SMILES string of the molecule is C.CC(=O)CCCN=C([O-])OC(C)(C)C.CC(C)(C)OC([O-])=NCCCC(=O)O.CON(C)C(=O)CCCN=C([O-])OC(C)(C)C.COc1cc(C)c2c(Oc3cccc(C(F)(F)F)c3)c(OC)cc(N)c2n1.COc1cc(C)c2c(Oc3cccc(C(F)(F)F)c3)c(OC)cc(NC(C)CCCN)c2n1.Cl.[3H]F.[Br-].[CH3-].[Mg+2]. The molecule has 6 rings (SSSR count). The number of aryl methyl sites for hydroxylation is 2. The summed E-state index contributed by atoms with van der Waals surface area (Å²) in [5, 5.41) is 47.2. The van der Waals surface area contributed by atoms with Crippen LogP contribution in [0, 0.1) is 21.3 Å². The molecule has 0 saturated carbocycles. The predicted molar refractivity (Wildman–Crippen MR) is 412 cm³/mol. The Kier molecular flexibility index (Phi) is 51.6. The molecule has 0 aliphatic carbocycles. The molecule has 0 fully saturated rings. The van der Waals surface area contributed by atoms with E-state index >= 15 is 0 Å². The number of nitrogens with one attached hydrogen (secondary N) is 1. The maximum Gasteiger partial charge on any atom is 2.00 e. The number of anilines is 2. The van der Waals surface area contributed by atoms with Crippen LogP contribution in [0.2, 0.25) is 0 Å². The molecule has 4 aromatic carbocycles. The number of aliphatic carboxylic acids is 1. The molecular formula is C75H109BrClF7MgN9O17-3. The van der Waals surface area contributed by atoms with Crippen molar-refractivity contribution < 1.29 is 130 Å². The first-order chi connectivity index (χ1) is 49.8. The fourth-order valence-electron chi connectivity index (χ4n) is 8.78. The van der Waals surface area contributed by atoms with E-state index in [0.717, 1.165) is 53.3 Å². The molecule has 0 radical (unpaired) electrons. The third-order valence-corrected chi connectivity index (χ3v) is 13.6. The minimum absolute atomic E-state index is 0. The first kappa shape index (κ1) is 109. The fraction of sp³-hybridized carbons (Fsp3) is 0.507. The number of nitrogens with zero attached hydrogens (tertiary/aromatic N) is 6. The molecule has 36 heteroatoms. The number of benzene rings is 4. The van der Waals surface area contributed by atoms with Crippen LogP contribution in [0.1, 0.15) is 157 Å². The Labute approximate surface area is 680 Å². The molecule has 2 heterocycles. The summed E-state index contributed by atoms with van der Waals surface area (Å²) in [6.45, 7) is 24.6. The van der Waals surface area contributed by atoms with Crippen LogP contribution in [0.3, 0.4) is 0 Å². The van der Waals surface area contributed by atoms with E-state index in [4.69, 9.17) is 68.8 Å². The quantitative estimate of drug-likeness (QED) is 0.00573. The first-order valence-electron chi connectivity index (χ1n) is 33.5. The maximum absolute atomic E-state index is 13.2. The van der Waals surface area contributed by atoms with Gasteiger partial charge in [0.1, 0.15) is 46.6 Å². The number of fused-ring (bicyclic) bond motifs is 2. The molecule has 6 N–H and O–H groups in total. The number of rotatable bonds is 26. The van der Waals surface area contributed by atoms with E-state index in [0.29, 0.717) is 89.5 Å². The van der Waals surface area contributed by atoms with Crippen molar-refractivity contribution in [1.29, 1.82) is 1.45 Å². The summed E-state index contributed by atoms with van der Waals surface area (Å²) in [6.07, 6.45) is -6.80. The number of pyridine rings is 2. The van der Waals surface area contributed by atoms with E-state index in [1.165, 1.54) is 79.9 Å². The molecule has 0 spiro atoms. The van der Waals surface area contributed by atoms with Gasteiger partial charge in [-0.15, -0.1) is 12.4 Å². The number of halogens is 9. The normalized spacial score (nSPS) is 11.7. The molecule has 0 aliphatic heterocycles. The van der Waals surface area contributed by atoms with Crippen molar-refractivity contribution in [2.24, 2.45) is 20.7 Å². The van der Waals surface area contributed by atoms with Gasteiger partial charge in [-0.2, -0.15) is 26.3 Å². The standard InChI is InChI=1S/C24H28F3N3O3.C19H17F3N2O3.C11H22N2O4.C10H19NO3.C9H17NO4.CH4.CH3.BrH.ClH.FH.Mg/c1-14-11-20(32-4)30-22-18(29-15(2)7-6-10-28)13-19(31-3)23(21(14)22)33-17-9-5-8-16(12-17)24(25,26)27;1-10-7-15(26-3)24-17-13(23)9-14(25-2)18(16(10)17)27-12-6-4-5-11(8-12)19(20,21)22;1-11(2,3)17-10(15)12-8-6-7-9(14)13(4)16-5;1-8(12)6-5-7-11-9(13)14-10(2,3)4;1-9(2,3)14-8(13)10-6-4-5-7(11)12;;;;;;/h5,8-9,11-13,15,29H,6-7,10,28H2,1-4H3;4-9H,23H2,1-3H3;6-8H2,1-5H3,(H,12,15);5-7H2,1-4H3,(H,11,13);4-6H2,1-3H3,(H,10,13)(H,11,12);1H4;1H3;3*1H;/q;;;;;;-1;;;;+2/p-4/i/hT. The molecule has 1 amide bonds. The minimum atomic E-state index is -4.48. The summed E-state index contributed by atoms with van der Waals surface area (Å²) in [5.41, 5.74) is 12.0. The van der Waals surface area contributed by atoms with E-state index in [1.54, 1.807) is 87.4 Å². The predicted octanol–water partition coefficient (Wildman–Crippen LogP) is 10.7. The zero-order chi connectivity index (χ0) is 81.8. The molecule has 624 valence electrons.